The molecule has 184 valence electrons. The van der Waals surface area contributed by atoms with Crippen LogP contribution in [-0.2, 0) is 10.8 Å². The van der Waals surface area contributed by atoms with Gasteiger partial charge in [0.1, 0.15) is 17.0 Å². The Morgan fingerprint density at radius 2 is 2.09 bits per heavy atom. The summed E-state index contributed by atoms with van der Waals surface area (Å²) in [6, 6.07) is 10.2. The van der Waals surface area contributed by atoms with Crippen LogP contribution in [0.25, 0.3) is 22.3 Å². The fourth-order valence-corrected chi connectivity index (χ4v) is 5.72. The van der Waals surface area contributed by atoms with Crippen LogP contribution in [0.1, 0.15) is 36.2 Å². The summed E-state index contributed by atoms with van der Waals surface area (Å²) in [4.78, 5) is 15.5. The molecule has 3 heterocycles. The van der Waals surface area contributed by atoms with Gasteiger partial charge in [0.2, 0.25) is 0 Å². The Morgan fingerprint density at radius 3 is 2.66 bits per heavy atom. The zero-order valence-corrected chi connectivity index (χ0v) is 20.1. The number of aromatic nitrogens is 3. The predicted octanol–water partition coefficient (Wildman–Crippen LogP) is 3.71. The highest BCUT2D eigenvalue weighted by atomic mass is 32.2. The topological polar surface area (TPSA) is 110 Å². The van der Waals surface area contributed by atoms with Crippen molar-refractivity contribution in [1.82, 2.24) is 20.1 Å². The number of halogens is 2. The molecular formula is C24H25F2N5O3S. The predicted molar refractivity (Wildman–Crippen MR) is 128 cm³/mol. The number of ether oxygens (including phenoxy) is 1. The Kier molecular flexibility index (Phi) is 7.23. The molecule has 0 unspecified atom stereocenters. The minimum Gasteiger partial charge on any atom is -0.435 e. The summed E-state index contributed by atoms with van der Waals surface area (Å²) in [7, 11) is 1.39. The van der Waals surface area contributed by atoms with Crippen molar-refractivity contribution in [2.45, 2.75) is 38.0 Å². The smallest absolute Gasteiger partial charge is 0.387 e. The van der Waals surface area contributed by atoms with Crippen molar-refractivity contribution >= 4 is 28.1 Å². The third kappa shape index (κ3) is 5.39. The van der Waals surface area contributed by atoms with Gasteiger partial charge in [-0.1, -0.05) is 12.1 Å². The second-order valence-corrected chi connectivity index (χ2v) is 10.4. The number of alkyl halides is 2. The van der Waals surface area contributed by atoms with Crippen LogP contribution in [0.4, 0.5) is 8.78 Å². The van der Waals surface area contributed by atoms with Gasteiger partial charge in [0.05, 0.1) is 23.5 Å². The number of pyridine rings is 1. The highest BCUT2D eigenvalue weighted by Gasteiger charge is 2.36. The summed E-state index contributed by atoms with van der Waals surface area (Å²) >= 11 is 0. The molecule has 0 bridgehead atoms. The summed E-state index contributed by atoms with van der Waals surface area (Å²) in [6.07, 6.45) is 3.50. The third-order valence-corrected chi connectivity index (χ3v) is 8.16. The fraction of sp³-hybridized carbons (Fsp3) is 0.417. The first-order chi connectivity index (χ1) is 16.7. The molecule has 1 N–H and O–H groups in total. The van der Waals surface area contributed by atoms with E-state index in [0.717, 1.165) is 11.5 Å². The van der Waals surface area contributed by atoms with Gasteiger partial charge in [-0.05, 0) is 45.0 Å². The monoisotopic (exact) mass is 501 g/mol. The van der Waals surface area contributed by atoms with E-state index in [1.54, 1.807) is 22.9 Å². The van der Waals surface area contributed by atoms with Crippen molar-refractivity contribution in [3.63, 3.8) is 0 Å². The van der Waals surface area contributed by atoms with E-state index in [9.17, 15) is 17.8 Å². The van der Waals surface area contributed by atoms with E-state index in [1.807, 2.05) is 7.05 Å². The Hall–Kier alpha value is -3.23. The number of aldehydes is 1. The van der Waals surface area contributed by atoms with Gasteiger partial charge >= 0.3 is 6.61 Å². The van der Waals surface area contributed by atoms with Crippen molar-refractivity contribution < 1.29 is 22.5 Å². The number of nitrogens with zero attached hydrogens (tertiary/aromatic N) is 4. The molecule has 35 heavy (non-hydrogen) atoms. The first-order valence-corrected chi connectivity index (χ1v) is 12.6. The van der Waals surface area contributed by atoms with Gasteiger partial charge < -0.3 is 10.1 Å². The minimum absolute atomic E-state index is 0.0114. The van der Waals surface area contributed by atoms with E-state index < -0.39 is 17.4 Å². The van der Waals surface area contributed by atoms with E-state index in [2.05, 4.69) is 33.1 Å². The first kappa shape index (κ1) is 24.9. The highest BCUT2D eigenvalue weighted by Crippen LogP contribution is 2.40. The molecule has 1 aliphatic heterocycles. The van der Waals surface area contributed by atoms with E-state index in [-0.39, 0.29) is 23.2 Å². The van der Waals surface area contributed by atoms with Crippen molar-refractivity contribution in [3.8, 4) is 23.1 Å². The van der Waals surface area contributed by atoms with Crippen LogP contribution in [0, 0.1) is 17.2 Å². The molecule has 11 heteroatoms. The van der Waals surface area contributed by atoms with E-state index in [4.69, 9.17) is 5.26 Å². The normalized spacial score (nSPS) is 25.1. The molecule has 2 fully saturated rings. The van der Waals surface area contributed by atoms with Crippen LogP contribution in [0.15, 0.2) is 36.5 Å². The van der Waals surface area contributed by atoms with Gasteiger partial charge in [0.25, 0.3) is 0 Å². The minimum atomic E-state index is -2.92. The fourth-order valence-electron chi connectivity index (χ4n) is 4.10. The van der Waals surface area contributed by atoms with Crippen LogP contribution in [0.5, 0.6) is 5.75 Å². The maximum Gasteiger partial charge on any atom is 0.387 e. The first-order valence-electron chi connectivity index (χ1n) is 11.1. The van der Waals surface area contributed by atoms with Crippen LogP contribution >= 0.6 is 0 Å². The number of carbonyl (C=O) groups is 1. The average Bonchev–Trinajstić information content (AvgIpc) is 3.16. The Labute approximate surface area is 203 Å². The Balaban J connectivity index is 0.000000308. The molecule has 0 atom stereocenters. The lowest BCUT2D eigenvalue weighted by atomic mass is 9.81. The van der Waals surface area contributed by atoms with Gasteiger partial charge in [-0.2, -0.15) is 19.1 Å². The zero-order chi connectivity index (χ0) is 25.2. The molecule has 1 saturated carbocycles. The second kappa shape index (κ2) is 10.2. The lowest BCUT2D eigenvalue weighted by molar-refractivity contribution is -0.0498. The molecule has 2 aromatic heterocycles. The van der Waals surface area contributed by atoms with Crippen molar-refractivity contribution in [2.75, 3.05) is 18.6 Å². The second-order valence-electron chi connectivity index (χ2n) is 8.94. The number of hydrogen-bond donors (Lipinski definition) is 1. The van der Waals surface area contributed by atoms with Crippen LogP contribution in [0.2, 0.25) is 0 Å². The van der Waals surface area contributed by atoms with Gasteiger partial charge in [-0.25, -0.2) is 0 Å². The van der Waals surface area contributed by atoms with Gasteiger partial charge in [0.15, 0.2) is 6.29 Å². The Morgan fingerprint density at radius 1 is 1.34 bits per heavy atom. The summed E-state index contributed by atoms with van der Waals surface area (Å²) < 4.78 is 41.8. The molecule has 0 spiro atoms. The van der Waals surface area contributed by atoms with Crippen LogP contribution in [-0.4, -0.2) is 56.0 Å². The number of nitriles is 1. The van der Waals surface area contributed by atoms with Crippen LogP contribution in [0.3, 0.4) is 0 Å². The molecular weight excluding hydrogens is 476 g/mol. The van der Waals surface area contributed by atoms with E-state index in [0.29, 0.717) is 47.0 Å². The quantitative estimate of drug-likeness (QED) is 0.513. The molecule has 1 aliphatic carbocycles. The zero-order valence-electron chi connectivity index (χ0n) is 19.3. The number of carbonyl (C=O) groups excluding carboxylic acids is 1. The summed E-state index contributed by atoms with van der Waals surface area (Å²) in [5.74, 6) is 1.66. The largest absolute Gasteiger partial charge is 0.435 e. The number of hydrogen-bond acceptors (Lipinski definition) is 7. The van der Waals surface area contributed by atoms with Crippen molar-refractivity contribution in [2.24, 2.45) is 5.92 Å². The molecule has 5 rings (SSSR count). The molecule has 8 nitrogen and oxygen atoms in total. The van der Waals surface area contributed by atoms with Crippen molar-refractivity contribution in [3.05, 3.63) is 42.1 Å². The Bertz CT molecular complexity index is 1290. The maximum absolute atomic E-state index is 12.5. The number of nitrogens with one attached hydrogen (secondary N) is 1. The SMILES string of the molecule is CNC1(C)CS(=O)C1.N#CC1CC(n2nc(-c3cccc(OC(F)F)c3)c3ncc(C=O)cc32)C1. The maximum atomic E-state index is 12.5. The number of benzene rings is 1. The van der Waals surface area contributed by atoms with Crippen molar-refractivity contribution in [1.29, 1.82) is 5.26 Å². The van der Waals surface area contributed by atoms with Gasteiger partial charge in [-0.15, -0.1) is 0 Å². The summed E-state index contributed by atoms with van der Waals surface area (Å²) in [6.45, 7) is -0.824. The summed E-state index contributed by atoms with van der Waals surface area (Å²) in [5.41, 5.74) is 2.94. The molecule has 1 aromatic carbocycles. The summed E-state index contributed by atoms with van der Waals surface area (Å²) in [5, 5.41) is 16.8. The lowest BCUT2D eigenvalue weighted by Crippen LogP contribution is -2.58. The molecule has 2 aliphatic rings. The standard InChI is InChI=1S/C19H14F2N4O2.C5H11NOS/c20-19(21)27-15-3-1-2-13(7-15)17-18-16(6-12(10-26)9-23-18)25(24-17)14-4-11(5-14)8-22;1-5(6-2)3-8(7)4-5/h1-3,6-7,9-11,14,19H,4-5H2;6H,3-4H2,1-2H3. The average molecular weight is 502 g/mol. The van der Waals surface area contributed by atoms with Crippen LogP contribution < -0.4 is 10.1 Å². The van der Waals surface area contributed by atoms with Gasteiger partial charge in [0, 0.05) is 45.2 Å². The third-order valence-electron chi connectivity index (χ3n) is 6.24. The molecule has 0 radical (unpaired) electrons. The molecule has 3 aromatic rings. The number of rotatable bonds is 6. The lowest BCUT2D eigenvalue weighted by Gasteiger charge is -2.36. The molecule has 0 amide bonds. The molecule has 1 saturated heterocycles. The van der Waals surface area contributed by atoms with E-state index >= 15 is 0 Å². The van der Waals surface area contributed by atoms with E-state index in [1.165, 1.54) is 18.3 Å². The van der Waals surface area contributed by atoms with Gasteiger partial charge in [-0.3, -0.25) is 18.7 Å². The number of fused-ring (bicyclic) bond motifs is 1. The highest BCUT2D eigenvalue weighted by molar-refractivity contribution is 7.86.